The molecule has 1 fully saturated rings. The van der Waals surface area contributed by atoms with Gasteiger partial charge in [-0.25, -0.2) is 13.1 Å². The predicted octanol–water partition coefficient (Wildman–Crippen LogP) is 6.35. The van der Waals surface area contributed by atoms with Gasteiger partial charge in [0.25, 0.3) is 17.7 Å². The number of aliphatic hydroxyl groups is 1. The Bertz CT molecular complexity index is 3320. The molecule has 0 aliphatic carbocycles. The summed E-state index contributed by atoms with van der Waals surface area (Å²) in [6.45, 7) is 5.76. The highest BCUT2D eigenvalue weighted by molar-refractivity contribution is 7.89. The van der Waals surface area contributed by atoms with E-state index in [4.69, 9.17) is 14.2 Å². The molecule has 1 saturated heterocycles. The molecule has 3 aliphatic heterocycles. The molecular weight excluding hydrogens is 967 g/mol. The molecule has 4 atom stereocenters. The van der Waals surface area contributed by atoms with Gasteiger partial charge >= 0.3 is 0 Å². The molecule has 5 aromatic carbocycles. The maximum atomic E-state index is 14.4. The fraction of sp³-hybridized carbons (Fsp3) is 0.400. The Morgan fingerprint density at radius 1 is 0.932 bits per heavy atom. The second-order valence-corrected chi connectivity index (χ2v) is 21.5. The lowest BCUT2D eigenvalue weighted by Gasteiger charge is -2.42. The van der Waals surface area contributed by atoms with Crippen molar-refractivity contribution in [3.63, 3.8) is 0 Å². The summed E-state index contributed by atoms with van der Waals surface area (Å²) in [5.41, 5.74) is 6.30. The third-order valence-corrected chi connectivity index (χ3v) is 16.2. The van der Waals surface area contributed by atoms with Gasteiger partial charge in [-0.2, -0.15) is 4.31 Å². The van der Waals surface area contributed by atoms with Crippen molar-refractivity contribution in [2.75, 3.05) is 33.9 Å². The van der Waals surface area contributed by atoms with Gasteiger partial charge < -0.3 is 29.5 Å². The van der Waals surface area contributed by atoms with E-state index in [1.807, 2.05) is 56.3 Å². The maximum absolute atomic E-state index is 14.4. The van der Waals surface area contributed by atoms with E-state index < -0.39 is 40.2 Å². The van der Waals surface area contributed by atoms with Crippen molar-refractivity contribution in [1.29, 1.82) is 0 Å². The van der Waals surface area contributed by atoms with Crippen LogP contribution in [0, 0.1) is 6.92 Å². The van der Waals surface area contributed by atoms with E-state index >= 15 is 0 Å². The Morgan fingerprint density at radius 3 is 2.50 bits per heavy atom. The zero-order chi connectivity index (χ0) is 52.6. The number of carbonyl (C=O) groups excluding carboxylic acids is 5. The molecular formula is C55H61N7O11S. The van der Waals surface area contributed by atoms with Crippen LogP contribution in [0.3, 0.4) is 0 Å². The number of sulfonamides is 1. The first kappa shape index (κ1) is 51.7. The van der Waals surface area contributed by atoms with Gasteiger partial charge in [0.05, 0.1) is 25.3 Å². The second kappa shape index (κ2) is 21.3. The van der Waals surface area contributed by atoms with Crippen molar-refractivity contribution in [3.05, 3.63) is 118 Å². The number of hydrogen-bond acceptors (Lipinski definition) is 13. The van der Waals surface area contributed by atoms with Crippen LogP contribution in [0.15, 0.2) is 83.8 Å². The Labute approximate surface area is 429 Å². The SMILES string of the molecule is COc1cc([C@@H](CC(C)=O)c2ccc(C)c(CN3C[C@@H](C)Oc4cc(CCCCCCNC(=O)COc5cc6c7c(cccc7c5)C(=O)N(C5CCC(=O)N(C)C5O)C6=O)ccc4S3(=O)=O)c2)cc2nnn(C)c12. The van der Waals surface area contributed by atoms with Crippen molar-refractivity contribution in [1.82, 2.24) is 34.4 Å². The van der Waals surface area contributed by atoms with E-state index in [1.54, 1.807) is 56.1 Å². The number of Topliss-reactive ketones (excluding diaryl/α,β-unsaturated/α-hetero) is 1. The number of rotatable bonds is 18. The molecule has 3 aliphatic rings. The smallest absolute Gasteiger partial charge is 0.261 e. The molecule has 4 heterocycles. The quantitative estimate of drug-likeness (QED) is 0.0709. The molecule has 0 saturated carbocycles. The van der Waals surface area contributed by atoms with E-state index in [1.165, 1.54) is 17.4 Å². The highest BCUT2D eigenvalue weighted by Crippen LogP contribution is 2.39. The van der Waals surface area contributed by atoms with E-state index in [2.05, 4.69) is 15.6 Å². The first-order chi connectivity index (χ1) is 35.4. The number of ether oxygens (including phenoxy) is 3. The van der Waals surface area contributed by atoms with Gasteiger partial charge in [-0.3, -0.25) is 28.9 Å². The fourth-order valence-corrected chi connectivity index (χ4v) is 12.0. The lowest BCUT2D eigenvalue weighted by Crippen LogP contribution is -2.59. The van der Waals surface area contributed by atoms with Crippen LogP contribution < -0.4 is 19.5 Å². The van der Waals surface area contributed by atoms with Gasteiger partial charge in [-0.05, 0) is 122 Å². The van der Waals surface area contributed by atoms with Gasteiger partial charge in [0.15, 0.2) is 6.61 Å². The Balaban J connectivity index is 0.771. The van der Waals surface area contributed by atoms with Crippen LogP contribution in [-0.2, 0) is 44.4 Å². The summed E-state index contributed by atoms with van der Waals surface area (Å²) < 4.78 is 49.7. The molecule has 4 amide bonds. The molecule has 74 heavy (non-hydrogen) atoms. The summed E-state index contributed by atoms with van der Waals surface area (Å²) in [5.74, 6) is -0.903. The van der Waals surface area contributed by atoms with Crippen LogP contribution in [0.25, 0.3) is 21.8 Å². The molecule has 388 valence electrons. The molecule has 18 nitrogen and oxygen atoms in total. The first-order valence-corrected chi connectivity index (χ1v) is 26.4. The molecule has 9 rings (SSSR count). The highest BCUT2D eigenvalue weighted by Gasteiger charge is 2.44. The average molecular weight is 1030 g/mol. The number of fused-ring (bicyclic) bond motifs is 2. The van der Waals surface area contributed by atoms with E-state index in [0.717, 1.165) is 68.8 Å². The third kappa shape index (κ3) is 10.3. The molecule has 2 N–H and O–H groups in total. The Hall–Kier alpha value is -7.22. The van der Waals surface area contributed by atoms with Crippen molar-refractivity contribution < 1.29 is 51.7 Å². The van der Waals surface area contributed by atoms with E-state index in [0.29, 0.717) is 46.3 Å². The predicted molar refractivity (Wildman–Crippen MR) is 274 cm³/mol. The first-order valence-electron chi connectivity index (χ1n) is 25.0. The lowest BCUT2D eigenvalue weighted by molar-refractivity contribution is -0.149. The number of carbonyl (C=O) groups is 5. The number of aliphatic hydroxyl groups excluding tert-OH is 1. The number of unbranched alkanes of at least 4 members (excludes halogenated alkanes) is 3. The largest absolute Gasteiger partial charge is 0.494 e. The number of likely N-dealkylation sites (tertiary alicyclic amines) is 1. The number of hydrogen-bond donors (Lipinski definition) is 2. The molecule has 6 aromatic rings. The van der Waals surface area contributed by atoms with Gasteiger partial charge in [-0.15, -0.1) is 5.10 Å². The van der Waals surface area contributed by atoms with Crippen LogP contribution in [0.5, 0.6) is 17.2 Å². The second-order valence-electron chi connectivity index (χ2n) is 19.6. The number of aromatic nitrogens is 3. The van der Waals surface area contributed by atoms with Crippen molar-refractivity contribution in [3.8, 4) is 17.2 Å². The van der Waals surface area contributed by atoms with Crippen LogP contribution in [0.2, 0.25) is 0 Å². The summed E-state index contributed by atoms with van der Waals surface area (Å²) in [4.78, 5) is 67.5. The number of ketones is 1. The fourth-order valence-electron chi connectivity index (χ4n) is 10.4. The molecule has 2 unspecified atom stereocenters. The summed E-state index contributed by atoms with van der Waals surface area (Å²) in [6, 6.07) is 22.4. The molecule has 0 radical (unpaired) electrons. The number of aryl methyl sites for hydroxylation is 3. The number of benzene rings is 5. The summed E-state index contributed by atoms with van der Waals surface area (Å²) in [5, 5.41) is 23.3. The van der Waals surface area contributed by atoms with Crippen LogP contribution in [0.4, 0.5) is 0 Å². The number of imide groups is 1. The highest BCUT2D eigenvalue weighted by atomic mass is 32.2. The molecule has 0 bridgehead atoms. The Kier molecular flexibility index (Phi) is 14.9. The zero-order valence-corrected chi connectivity index (χ0v) is 43.2. The number of amides is 4. The molecule has 0 spiro atoms. The Morgan fingerprint density at radius 2 is 1.72 bits per heavy atom. The molecule has 19 heteroatoms. The number of methoxy groups -OCH3 is 1. The zero-order valence-electron chi connectivity index (χ0n) is 42.4. The minimum atomic E-state index is -3.98. The van der Waals surface area contributed by atoms with Crippen LogP contribution >= 0.6 is 0 Å². The summed E-state index contributed by atoms with van der Waals surface area (Å²) >= 11 is 0. The third-order valence-electron chi connectivity index (χ3n) is 14.4. The lowest BCUT2D eigenvalue weighted by atomic mass is 9.85. The normalized spacial score (nSPS) is 19.0. The monoisotopic (exact) mass is 1030 g/mol. The average Bonchev–Trinajstić information content (AvgIpc) is 3.73. The number of nitrogens with one attached hydrogen (secondary N) is 1. The standard InChI is InChI=1S/C55H61N7O11S/c1-32-15-17-36(42(22-33(2)63)38-26-44-52(47(27-38)71-6)60(5)58-57-44)24-39(32)30-61-29-34(3)73-46-23-35(16-19-48(46)74(61,69)70)12-9-7-8-10-21-56-49(64)31-72-40-25-37-13-11-14-41-51(37)43(28-40)54(67)62(53(41)66)45-18-20-50(65)59(4)55(45)68/h11,13-17,19,23-28,34,42,45,55,68H,7-10,12,18,20-22,29-31H2,1-6H3,(H,56,64)/t34-,42+,45?,55?/m1/s1. The van der Waals surface area contributed by atoms with Gasteiger partial charge in [-0.1, -0.05) is 54.5 Å². The van der Waals surface area contributed by atoms with Crippen molar-refractivity contribution in [2.45, 2.75) is 108 Å². The number of piperidine rings is 1. The summed E-state index contributed by atoms with van der Waals surface area (Å²) in [7, 11) is 0.839. The van der Waals surface area contributed by atoms with Crippen LogP contribution in [0.1, 0.15) is 113 Å². The van der Waals surface area contributed by atoms with Crippen molar-refractivity contribution >= 4 is 61.2 Å². The van der Waals surface area contributed by atoms with Gasteiger partial charge in [0.2, 0.25) is 15.9 Å². The van der Waals surface area contributed by atoms with Crippen molar-refractivity contribution in [2.24, 2.45) is 7.05 Å². The van der Waals surface area contributed by atoms with E-state index in [9.17, 15) is 37.5 Å². The van der Waals surface area contributed by atoms with Gasteiger partial charge in [0.1, 0.15) is 51.3 Å². The van der Waals surface area contributed by atoms with E-state index in [-0.39, 0.29) is 78.7 Å². The minimum absolute atomic E-state index is 0.00492. The van der Waals surface area contributed by atoms with Gasteiger partial charge in [0, 0.05) is 56.9 Å². The maximum Gasteiger partial charge on any atom is 0.261 e. The van der Waals surface area contributed by atoms with Crippen LogP contribution in [-0.4, -0.2) is 124 Å². The topological polar surface area (TPSA) is 220 Å². The summed E-state index contributed by atoms with van der Waals surface area (Å²) in [6.07, 6.45) is 2.67. The number of likely N-dealkylation sites (N-methyl/N-ethyl adjacent to an activating group) is 1. The minimum Gasteiger partial charge on any atom is -0.494 e. The molecule has 1 aromatic heterocycles. The number of nitrogens with zero attached hydrogens (tertiary/aromatic N) is 6.